The summed E-state index contributed by atoms with van der Waals surface area (Å²) < 4.78 is 0. The summed E-state index contributed by atoms with van der Waals surface area (Å²) in [5, 5.41) is 6.60. The quantitative estimate of drug-likeness (QED) is 0.624. The maximum Gasteiger partial charge on any atom is 0.224 e. The molecule has 4 heteroatoms. The Morgan fingerprint density at radius 2 is 2.18 bits per heavy atom. The number of H-pyrrole nitrogens is 1. The van der Waals surface area contributed by atoms with Crippen molar-refractivity contribution in [1.29, 1.82) is 0 Å². The fraction of sp³-hybridized carbons (Fsp3) is 0.429. The van der Waals surface area contributed by atoms with E-state index < -0.39 is 0 Å². The third-order valence-electron chi connectivity index (χ3n) is 1.33. The van der Waals surface area contributed by atoms with E-state index in [0.717, 1.165) is 5.69 Å². The molecule has 0 unspecified atom stereocenters. The molecular weight excluding hydrogens is 142 g/mol. The highest BCUT2D eigenvalue weighted by Gasteiger charge is 2.01. The van der Waals surface area contributed by atoms with E-state index in [-0.39, 0.29) is 5.43 Å². The minimum absolute atomic E-state index is 0.0498. The van der Waals surface area contributed by atoms with Gasteiger partial charge >= 0.3 is 0 Å². The van der Waals surface area contributed by atoms with Gasteiger partial charge in [-0.1, -0.05) is 0 Å². The van der Waals surface area contributed by atoms with E-state index in [0.29, 0.717) is 5.82 Å². The molecular formula is C7H11N3O. The molecule has 0 saturated carbocycles. The van der Waals surface area contributed by atoms with E-state index >= 15 is 0 Å². The number of rotatable bonds is 1. The van der Waals surface area contributed by atoms with Crippen LogP contribution in [0.5, 0.6) is 0 Å². The molecule has 1 aromatic rings. The molecule has 11 heavy (non-hydrogen) atoms. The maximum atomic E-state index is 11.2. The highest BCUT2D eigenvalue weighted by molar-refractivity contribution is 5.34. The Kier molecular flexibility index (Phi) is 1.94. The summed E-state index contributed by atoms with van der Waals surface area (Å²) in [4.78, 5) is 12.8. The van der Waals surface area contributed by atoms with Crippen molar-refractivity contribution < 1.29 is 0 Å². The first-order chi connectivity index (χ1) is 5.11. The van der Waals surface area contributed by atoms with Gasteiger partial charge in [0.05, 0.1) is 0 Å². The van der Waals surface area contributed by atoms with Crippen LogP contribution in [0.4, 0.5) is 5.82 Å². The lowest BCUT2D eigenvalue weighted by molar-refractivity contribution is 0.922. The van der Waals surface area contributed by atoms with Crippen LogP contribution in [-0.2, 0) is 0 Å². The van der Waals surface area contributed by atoms with Crippen molar-refractivity contribution in [3.05, 3.63) is 22.0 Å². The fourth-order valence-electron chi connectivity index (χ4n) is 0.810. The van der Waals surface area contributed by atoms with Crippen LogP contribution < -0.4 is 10.3 Å². The monoisotopic (exact) mass is 153 g/mol. The van der Waals surface area contributed by atoms with Gasteiger partial charge in [0.25, 0.3) is 0 Å². The first kappa shape index (κ1) is 7.78. The predicted octanol–water partition coefficient (Wildman–Crippen LogP) is 0.144. The van der Waals surface area contributed by atoms with Crippen LogP contribution in [0.25, 0.3) is 0 Å². The second-order valence-electron chi connectivity index (χ2n) is 2.63. The van der Waals surface area contributed by atoms with Crippen LogP contribution in [0.2, 0.25) is 0 Å². The number of hydrogen-bond donors (Lipinski definition) is 1. The molecule has 0 aliphatic carbocycles. The topological polar surface area (TPSA) is 49.0 Å². The molecule has 0 atom stereocenters. The Hall–Kier alpha value is -1.32. The average molecular weight is 153 g/mol. The standard InChI is InChI=1S/C7H11N3O/c1-5-4-6(11)7(9-8-5)10(2)3/h4H,1-3H3,(H,8,11). The molecule has 0 spiro atoms. The Bertz CT molecular complexity index is 303. The lowest BCUT2D eigenvalue weighted by Crippen LogP contribution is -2.21. The summed E-state index contributed by atoms with van der Waals surface area (Å²) in [6, 6.07) is 1.53. The molecule has 1 N–H and O–H groups in total. The van der Waals surface area contributed by atoms with E-state index in [1.807, 2.05) is 0 Å². The molecule has 0 aliphatic heterocycles. The molecule has 1 heterocycles. The molecule has 0 aliphatic rings. The Labute approximate surface area is 64.9 Å². The third kappa shape index (κ3) is 1.58. The third-order valence-corrected chi connectivity index (χ3v) is 1.33. The highest BCUT2D eigenvalue weighted by Crippen LogP contribution is 1.95. The molecule has 0 bridgehead atoms. The first-order valence-electron chi connectivity index (χ1n) is 3.35. The van der Waals surface area contributed by atoms with Crippen LogP contribution in [0.15, 0.2) is 10.9 Å². The smallest absolute Gasteiger partial charge is 0.224 e. The molecule has 0 amide bonds. The van der Waals surface area contributed by atoms with Gasteiger partial charge in [0, 0.05) is 25.9 Å². The van der Waals surface area contributed by atoms with Gasteiger partial charge in [-0.3, -0.25) is 9.89 Å². The summed E-state index contributed by atoms with van der Waals surface area (Å²) in [5.74, 6) is 0.440. The molecule has 60 valence electrons. The number of aryl methyl sites for hydroxylation is 1. The van der Waals surface area contributed by atoms with Gasteiger partial charge < -0.3 is 4.90 Å². The number of nitrogens with zero attached hydrogens (tertiary/aromatic N) is 2. The minimum atomic E-state index is -0.0498. The molecule has 0 radical (unpaired) electrons. The van der Waals surface area contributed by atoms with Crippen LogP contribution in [0.1, 0.15) is 5.69 Å². The number of aromatic amines is 1. The fourth-order valence-corrected chi connectivity index (χ4v) is 0.810. The molecule has 0 saturated heterocycles. The zero-order valence-corrected chi connectivity index (χ0v) is 6.88. The summed E-state index contributed by atoms with van der Waals surface area (Å²) in [6.45, 7) is 1.80. The minimum Gasteiger partial charge on any atom is -0.358 e. The zero-order chi connectivity index (χ0) is 8.43. The molecule has 1 aromatic heterocycles. The SMILES string of the molecule is Cc1cc(=O)c(N(C)C)n[nH]1. The summed E-state index contributed by atoms with van der Waals surface area (Å²) in [6.07, 6.45) is 0. The van der Waals surface area contributed by atoms with Gasteiger partial charge in [-0.25, -0.2) is 0 Å². The summed E-state index contributed by atoms with van der Waals surface area (Å²) in [7, 11) is 3.57. The van der Waals surface area contributed by atoms with Crippen LogP contribution in [0, 0.1) is 6.92 Å². The van der Waals surface area contributed by atoms with Gasteiger partial charge in [0.1, 0.15) is 0 Å². The number of nitrogens with one attached hydrogen (secondary N) is 1. The van der Waals surface area contributed by atoms with Crippen molar-refractivity contribution in [3.63, 3.8) is 0 Å². The first-order valence-corrected chi connectivity index (χ1v) is 3.35. The summed E-state index contributed by atoms with van der Waals surface area (Å²) in [5.41, 5.74) is 0.729. The molecule has 0 fully saturated rings. The Morgan fingerprint density at radius 1 is 1.55 bits per heavy atom. The van der Waals surface area contributed by atoms with E-state index in [4.69, 9.17) is 0 Å². The number of anilines is 1. The van der Waals surface area contributed by atoms with Gasteiger partial charge in [-0.15, -0.1) is 0 Å². The van der Waals surface area contributed by atoms with Crippen LogP contribution in [0.3, 0.4) is 0 Å². The van der Waals surface area contributed by atoms with Crippen molar-refractivity contribution >= 4 is 5.82 Å². The van der Waals surface area contributed by atoms with E-state index in [1.54, 1.807) is 25.9 Å². The normalized spacial score (nSPS) is 9.73. The average Bonchev–Trinajstić information content (AvgIpc) is 1.85. The zero-order valence-electron chi connectivity index (χ0n) is 6.88. The van der Waals surface area contributed by atoms with Crippen molar-refractivity contribution in [2.75, 3.05) is 19.0 Å². The van der Waals surface area contributed by atoms with E-state index in [9.17, 15) is 4.79 Å². The van der Waals surface area contributed by atoms with Crippen LogP contribution >= 0.6 is 0 Å². The van der Waals surface area contributed by atoms with Gasteiger partial charge in [-0.2, -0.15) is 5.10 Å². The summed E-state index contributed by atoms with van der Waals surface area (Å²) >= 11 is 0. The van der Waals surface area contributed by atoms with E-state index in [2.05, 4.69) is 10.2 Å². The van der Waals surface area contributed by atoms with Crippen molar-refractivity contribution in [2.24, 2.45) is 0 Å². The lowest BCUT2D eigenvalue weighted by atomic mass is 10.4. The van der Waals surface area contributed by atoms with Gasteiger partial charge in [0.15, 0.2) is 5.82 Å². The second-order valence-corrected chi connectivity index (χ2v) is 2.63. The highest BCUT2D eigenvalue weighted by atomic mass is 16.1. The number of aromatic nitrogens is 2. The molecule has 1 rings (SSSR count). The Morgan fingerprint density at radius 3 is 2.64 bits per heavy atom. The predicted molar refractivity (Wildman–Crippen MR) is 43.9 cm³/mol. The Balaban J connectivity index is 3.21. The van der Waals surface area contributed by atoms with Crippen molar-refractivity contribution in [3.8, 4) is 0 Å². The maximum absolute atomic E-state index is 11.2. The lowest BCUT2D eigenvalue weighted by Gasteiger charge is -2.08. The van der Waals surface area contributed by atoms with Crippen molar-refractivity contribution in [2.45, 2.75) is 6.92 Å². The molecule has 4 nitrogen and oxygen atoms in total. The number of hydrogen-bond acceptors (Lipinski definition) is 3. The van der Waals surface area contributed by atoms with Crippen molar-refractivity contribution in [1.82, 2.24) is 10.2 Å². The molecule has 0 aromatic carbocycles. The largest absolute Gasteiger partial charge is 0.358 e. The van der Waals surface area contributed by atoms with Gasteiger partial charge in [0.2, 0.25) is 5.43 Å². The van der Waals surface area contributed by atoms with Gasteiger partial charge in [-0.05, 0) is 6.92 Å². The van der Waals surface area contributed by atoms with E-state index in [1.165, 1.54) is 6.07 Å². The van der Waals surface area contributed by atoms with Crippen LogP contribution in [-0.4, -0.2) is 24.3 Å². The second kappa shape index (κ2) is 2.74.